The minimum Gasteiger partial charge on any atom is -0.465 e. The number of hydrogen-bond acceptors (Lipinski definition) is 5. The first-order valence-electron chi connectivity index (χ1n) is 8.38. The minimum absolute atomic E-state index is 0.124. The van der Waals surface area contributed by atoms with E-state index in [9.17, 15) is 9.59 Å². The maximum atomic E-state index is 12.2. The SMILES string of the molecule is COC(=O)c1ccc(Nc2ccc(C(=O)NC3CCCC3)nc2)cc1. The summed E-state index contributed by atoms with van der Waals surface area (Å²) in [6.45, 7) is 0. The Hall–Kier alpha value is -2.89. The number of hydrogen-bond donors (Lipinski definition) is 2. The number of carbonyl (C=O) groups is 2. The molecule has 0 atom stereocenters. The van der Waals surface area contributed by atoms with Crippen molar-refractivity contribution >= 4 is 23.3 Å². The van der Waals surface area contributed by atoms with Gasteiger partial charge >= 0.3 is 5.97 Å². The van der Waals surface area contributed by atoms with Crippen LogP contribution in [0.5, 0.6) is 0 Å². The number of pyridine rings is 1. The lowest BCUT2D eigenvalue weighted by molar-refractivity contribution is 0.0600. The van der Waals surface area contributed by atoms with E-state index >= 15 is 0 Å². The van der Waals surface area contributed by atoms with E-state index in [0.29, 0.717) is 11.3 Å². The number of benzene rings is 1. The molecule has 1 aliphatic carbocycles. The van der Waals surface area contributed by atoms with Crippen LogP contribution in [0.4, 0.5) is 11.4 Å². The largest absolute Gasteiger partial charge is 0.465 e. The van der Waals surface area contributed by atoms with E-state index in [4.69, 9.17) is 0 Å². The van der Waals surface area contributed by atoms with Crippen LogP contribution in [0.15, 0.2) is 42.6 Å². The number of nitrogens with zero attached hydrogens (tertiary/aromatic N) is 1. The summed E-state index contributed by atoms with van der Waals surface area (Å²) in [6, 6.07) is 10.7. The van der Waals surface area contributed by atoms with E-state index in [1.807, 2.05) is 6.07 Å². The zero-order chi connectivity index (χ0) is 17.6. The molecule has 0 radical (unpaired) electrons. The Morgan fingerprint density at radius 3 is 2.32 bits per heavy atom. The number of esters is 1. The lowest BCUT2D eigenvalue weighted by atomic mass is 10.2. The quantitative estimate of drug-likeness (QED) is 0.817. The van der Waals surface area contributed by atoms with Gasteiger partial charge in [0.05, 0.1) is 24.6 Å². The van der Waals surface area contributed by atoms with Crippen LogP contribution in [0.3, 0.4) is 0 Å². The smallest absolute Gasteiger partial charge is 0.337 e. The molecule has 2 aromatic rings. The van der Waals surface area contributed by atoms with Crippen LogP contribution in [0.1, 0.15) is 46.5 Å². The summed E-state index contributed by atoms with van der Waals surface area (Å²) in [7, 11) is 1.35. The number of methoxy groups -OCH3 is 1. The second-order valence-corrected chi connectivity index (χ2v) is 6.08. The fraction of sp³-hybridized carbons (Fsp3) is 0.316. The molecule has 3 rings (SSSR count). The van der Waals surface area contributed by atoms with Gasteiger partial charge in [0.2, 0.25) is 0 Å². The molecule has 0 spiro atoms. The van der Waals surface area contributed by atoms with Crippen molar-refractivity contribution in [3.05, 3.63) is 53.9 Å². The van der Waals surface area contributed by atoms with Crippen molar-refractivity contribution in [1.29, 1.82) is 0 Å². The Bertz CT molecular complexity index is 736. The molecule has 1 heterocycles. The number of aromatic nitrogens is 1. The van der Waals surface area contributed by atoms with Gasteiger partial charge in [0, 0.05) is 11.7 Å². The van der Waals surface area contributed by atoms with E-state index in [-0.39, 0.29) is 17.9 Å². The summed E-state index contributed by atoms with van der Waals surface area (Å²) in [5.41, 5.74) is 2.49. The molecule has 1 aromatic carbocycles. The van der Waals surface area contributed by atoms with E-state index in [2.05, 4.69) is 20.4 Å². The molecule has 6 nitrogen and oxygen atoms in total. The lowest BCUT2D eigenvalue weighted by Gasteiger charge is -2.12. The number of ether oxygens (including phenoxy) is 1. The van der Waals surface area contributed by atoms with Crippen LogP contribution in [-0.2, 0) is 4.74 Å². The monoisotopic (exact) mass is 339 g/mol. The highest BCUT2D eigenvalue weighted by Gasteiger charge is 2.18. The number of amides is 1. The normalized spacial score (nSPS) is 14.1. The number of nitrogens with one attached hydrogen (secondary N) is 2. The molecule has 6 heteroatoms. The van der Waals surface area contributed by atoms with E-state index < -0.39 is 0 Å². The molecular weight excluding hydrogens is 318 g/mol. The Morgan fingerprint density at radius 2 is 1.72 bits per heavy atom. The Morgan fingerprint density at radius 1 is 1.04 bits per heavy atom. The van der Waals surface area contributed by atoms with Crippen molar-refractivity contribution in [1.82, 2.24) is 10.3 Å². The van der Waals surface area contributed by atoms with Crippen molar-refractivity contribution in [3.63, 3.8) is 0 Å². The highest BCUT2D eigenvalue weighted by molar-refractivity contribution is 5.92. The molecule has 25 heavy (non-hydrogen) atoms. The standard InChI is InChI=1S/C19H21N3O3/c1-25-19(24)13-6-8-15(9-7-13)21-16-10-11-17(20-12-16)18(23)22-14-4-2-3-5-14/h6-12,14,21H,2-5H2,1H3,(H,22,23). The van der Waals surface area contributed by atoms with Crippen molar-refractivity contribution < 1.29 is 14.3 Å². The van der Waals surface area contributed by atoms with E-state index in [1.54, 1.807) is 36.5 Å². The summed E-state index contributed by atoms with van der Waals surface area (Å²) >= 11 is 0. The van der Waals surface area contributed by atoms with Crippen molar-refractivity contribution in [2.45, 2.75) is 31.7 Å². The van der Waals surface area contributed by atoms with E-state index in [0.717, 1.165) is 24.2 Å². The molecule has 0 unspecified atom stereocenters. The summed E-state index contributed by atoms with van der Waals surface area (Å²) in [5, 5.41) is 6.20. The lowest BCUT2D eigenvalue weighted by Crippen LogP contribution is -2.33. The molecule has 0 bridgehead atoms. The van der Waals surface area contributed by atoms with Crippen LogP contribution in [0.25, 0.3) is 0 Å². The highest BCUT2D eigenvalue weighted by Crippen LogP contribution is 2.19. The van der Waals surface area contributed by atoms with Gasteiger partial charge in [-0.3, -0.25) is 4.79 Å². The van der Waals surface area contributed by atoms with Gasteiger partial charge in [-0.15, -0.1) is 0 Å². The molecular formula is C19H21N3O3. The maximum Gasteiger partial charge on any atom is 0.337 e. The highest BCUT2D eigenvalue weighted by atomic mass is 16.5. The first kappa shape index (κ1) is 17.0. The van der Waals surface area contributed by atoms with Gasteiger partial charge in [0.1, 0.15) is 5.69 Å². The van der Waals surface area contributed by atoms with Crippen LogP contribution in [0, 0.1) is 0 Å². The number of rotatable bonds is 5. The van der Waals surface area contributed by atoms with Gasteiger partial charge < -0.3 is 15.4 Å². The van der Waals surface area contributed by atoms with Crippen molar-refractivity contribution in [2.24, 2.45) is 0 Å². The first-order valence-corrected chi connectivity index (χ1v) is 8.38. The predicted octanol–water partition coefficient (Wildman–Crippen LogP) is 3.28. The summed E-state index contributed by atoms with van der Waals surface area (Å²) < 4.78 is 4.67. The molecule has 1 aliphatic rings. The van der Waals surface area contributed by atoms with Gasteiger partial charge in [0.25, 0.3) is 5.91 Å². The van der Waals surface area contributed by atoms with Crippen molar-refractivity contribution in [2.75, 3.05) is 12.4 Å². The number of anilines is 2. The van der Waals surface area contributed by atoms with Crippen LogP contribution >= 0.6 is 0 Å². The first-order chi connectivity index (χ1) is 12.2. The van der Waals surface area contributed by atoms with Crippen molar-refractivity contribution in [3.8, 4) is 0 Å². The fourth-order valence-electron chi connectivity index (χ4n) is 2.91. The zero-order valence-corrected chi connectivity index (χ0v) is 14.1. The average Bonchev–Trinajstić information content (AvgIpc) is 3.15. The molecule has 2 N–H and O–H groups in total. The van der Waals surface area contributed by atoms with E-state index in [1.165, 1.54) is 20.0 Å². The molecule has 1 fully saturated rings. The Labute approximate surface area is 146 Å². The van der Waals surface area contributed by atoms with Gasteiger partial charge in [0.15, 0.2) is 0 Å². The number of carbonyl (C=O) groups excluding carboxylic acids is 2. The van der Waals surface area contributed by atoms with Crippen LogP contribution in [-0.4, -0.2) is 30.0 Å². The molecule has 1 saturated carbocycles. The van der Waals surface area contributed by atoms with Gasteiger partial charge in [-0.1, -0.05) is 12.8 Å². The Kier molecular flexibility index (Phi) is 5.28. The molecule has 0 aliphatic heterocycles. The topological polar surface area (TPSA) is 80.3 Å². The second-order valence-electron chi connectivity index (χ2n) is 6.08. The third kappa shape index (κ3) is 4.35. The molecule has 130 valence electrons. The fourth-order valence-corrected chi connectivity index (χ4v) is 2.91. The molecule has 1 amide bonds. The van der Waals surface area contributed by atoms with Crippen LogP contribution < -0.4 is 10.6 Å². The summed E-state index contributed by atoms with van der Waals surface area (Å²) in [6.07, 6.45) is 6.07. The molecule has 1 aromatic heterocycles. The zero-order valence-electron chi connectivity index (χ0n) is 14.1. The predicted molar refractivity (Wildman–Crippen MR) is 95.0 cm³/mol. The second kappa shape index (κ2) is 7.79. The average molecular weight is 339 g/mol. The summed E-state index contributed by atoms with van der Waals surface area (Å²) in [4.78, 5) is 27.8. The third-order valence-corrected chi connectivity index (χ3v) is 4.28. The Balaban J connectivity index is 1.60. The van der Waals surface area contributed by atoms with Gasteiger partial charge in [-0.2, -0.15) is 0 Å². The van der Waals surface area contributed by atoms with Gasteiger partial charge in [-0.25, -0.2) is 9.78 Å². The van der Waals surface area contributed by atoms with Gasteiger partial charge in [-0.05, 0) is 49.2 Å². The van der Waals surface area contributed by atoms with Crippen LogP contribution in [0.2, 0.25) is 0 Å². The minimum atomic E-state index is -0.370. The third-order valence-electron chi connectivity index (χ3n) is 4.28. The molecule has 0 saturated heterocycles. The summed E-state index contributed by atoms with van der Waals surface area (Å²) in [5.74, 6) is -0.494. The maximum absolute atomic E-state index is 12.2.